The molecule has 2 rings (SSSR count). The van der Waals surface area contributed by atoms with Crippen molar-refractivity contribution in [2.75, 3.05) is 4.90 Å². The van der Waals surface area contributed by atoms with E-state index in [2.05, 4.69) is 6.58 Å². The number of imide groups is 1. The van der Waals surface area contributed by atoms with Gasteiger partial charge in [0.2, 0.25) is 5.91 Å². The van der Waals surface area contributed by atoms with Crippen LogP contribution in [-0.4, -0.2) is 11.8 Å². The van der Waals surface area contributed by atoms with Crippen molar-refractivity contribution in [2.45, 2.75) is 6.42 Å². The molecule has 0 bridgehead atoms. The molecule has 4 heteroatoms. The fourth-order valence-corrected chi connectivity index (χ4v) is 1.46. The van der Waals surface area contributed by atoms with E-state index in [0.29, 0.717) is 5.69 Å². The first-order valence-corrected chi connectivity index (χ1v) is 4.40. The Balaban J connectivity index is 2.39. The Morgan fingerprint density at radius 3 is 2.27 bits per heavy atom. The van der Waals surface area contributed by atoms with Crippen LogP contribution in [0, 0.1) is 5.82 Å². The van der Waals surface area contributed by atoms with Gasteiger partial charge < -0.3 is 0 Å². The Hall–Kier alpha value is -1.97. The lowest BCUT2D eigenvalue weighted by atomic mass is 10.2. The fraction of sp³-hybridized carbons (Fsp3) is 0.0909. The van der Waals surface area contributed by atoms with Gasteiger partial charge in [0.15, 0.2) is 0 Å². The Morgan fingerprint density at radius 2 is 1.80 bits per heavy atom. The van der Waals surface area contributed by atoms with Gasteiger partial charge in [-0.05, 0) is 24.3 Å². The van der Waals surface area contributed by atoms with Gasteiger partial charge in [-0.2, -0.15) is 0 Å². The molecule has 15 heavy (non-hydrogen) atoms. The first-order chi connectivity index (χ1) is 7.09. The third-order valence-corrected chi connectivity index (χ3v) is 2.20. The zero-order chi connectivity index (χ0) is 11.0. The highest BCUT2D eigenvalue weighted by Crippen LogP contribution is 2.24. The smallest absolute Gasteiger partial charge is 0.260 e. The van der Waals surface area contributed by atoms with E-state index < -0.39 is 11.7 Å². The van der Waals surface area contributed by atoms with Crippen LogP contribution in [0.25, 0.3) is 0 Å². The highest BCUT2D eigenvalue weighted by molar-refractivity contribution is 6.27. The van der Waals surface area contributed by atoms with Crippen molar-refractivity contribution in [3.05, 3.63) is 42.2 Å². The van der Waals surface area contributed by atoms with Crippen molar-refractivity contribution >= 4 is 17.5 Å². The third kappa shape index (κ3) is 1.54. The van der Waals surface area contributed by atoms with Gasteiger partial charge in [-0.15, -0.1) is 0 Å². The highest BCUT2D eigenvalue weighted by Gasteiger charge is 2.33. The molecule has 0 aromatic heterocycles. The summed E-state index contributed by atoms with van der Waals surface area (Å²) in [6, 6.07) is 5.20. The zero-order valence-electron chi connectivity index (χ0n) is 7.87. The van der Waals surface area contributed by atoms with Gasteiger partial charge in [0.05, 0.1) is 12.1 Å². The molecule has 1 heterocycles. The molecule has 0 N–H and O–H groups in total. The van der Waals surface area contributed by atoms with Crippen LogP contribution in [0.4, 0.5) is 10.1 Å². The van der Waals surface area contributed by atoms with Crippen LogP contribution in [0.1, 0.15) is 6.42 Å². The summed E-state index contributed by atoms with van der Waals surface area (Å²) in [6.07, 6.45) is 0.0379. The van der Waals surface area contributed by atoms with Gasteiger partial charge in [0, 0.05) is 5.57 Å². The van der Waals surface area contributed by atoms with Crippen molar-refractivity contribution in [3.63, 3.8) is 0 Å². The molecule has 0 radical (unpaired) electrons. The number of hydrogen-bond acceptors (Lipinski definition) is 2. The quantitative estimate of drug-likeness (QED) is 0.516. The molecule has 1 fully saturated rings. The first kappa shape index (κ1) is 9.58. The zero-order valence-corrected chi connectivity index (χ0v) is 7.87. The van der Waals surface area contributed by atoms with Crippen molar-refractivity contribution < 1.29 is 14.0 Å². The Bertz CT molecular complexity index is 450. The second kappa shape index (κ2) is 3.31. The van der Waals surface area contributed by atoms with E-state index >= 15 is 0 Å². The lowest BCUT2D eigenvalue weighted by molar-refractivity contribution is -0.120. The van der Waals surface area contributed by atoms with Crippen LogP contribution in [0.15, 0.2) is 36.4 Å². The second-order valence-electron chi connectivity index (χ2n) is 3.29. The average molecular weight is 205 g/mol. The number of amides is 2. The minimum atomic E-state index is -0.411. The standard InChI is InChI=1S/C11H8FNO2/c1-7-6-10(14)13(11(7)15)9-4-2-8(12)3-5-9/h2-5H,1,6H2. The molecular weight excluding hydrogens is 197 g/mol. The predicted octanol–water partition coefficient (Wildman–Crippen LogP) is 1.65. The molecule has 1 aliphatic rings. The number of carbonyl (C=O) groups is 2. The van der Waals surface area contributed by atoms with Gasteiger partial charge in [0.1, 0.15) is 5.82 Å². The van der Waals surface area contributed by atoms with Crippen LogP contribution in [0.3, 0.4) is 0 Å². The summed E-state index contributed by atoms with van der Waals surface area (Å²) in [5.41, 5.74) is 0.648. The molecule has 0 aliphatic carbocycles. The summed E-state index contributed by atoms with van der Waals surface area (Å²) in [5, 5.41) is 0. The lowest BCUT2D eigenvalue weighted by Crippen LogP contribution is -2.28. The monoisotopic (exact) mass is 205 g/mol. The molecule has 0 atom stereocenters. The summed E-state index contributed by atoms with van der Waals surface area (Å²) in [6.45, 7) is 3.49. The maximum absolute atomic E-state index is 12.6. The minimum absolute atomic E-state index is 0.0379. The number of anilines is 1. The third-order valence-electron chi connectivity index (χ3n) is 2.20. The summed E-state index contributed by atoms with van der Waals surface area (Å²) in [4.78, 5) is 24.0. The number of carbonyl (C=O) groups excluding carboxylic acids is 2. The Kier molecular flexibility index (Phi) is 2.11. The van der Waals surface area contributed by atoms with E-state index in [-0.39, 0.29) is 17.9 Å². The van der Waals surface area contributed by atoms with E-state index in [1.54, 1.807) is 0 Å². The number of halogens is 1. The van der Waals surface area contributed by atoms with Gasteiger partial charge in [-0.1, -0.05) is 6.58 Å². The van der Waals surface area contributed by atoms with Crippen LogP contribution >= 0.6 is 0 Å². The Labute approximate surface area is 85.8 Å². The van der Waals surface area contributed by atoms with Crippen LogP contribution < -0.4 is 4.90 Å². The molecule has 2 amide bonds. The Morgan fingerprint density at radius 1 is 1.20 bits per heavy atom. The van der Waals surface area contributed by atoms with Gasteiger partial charge >= 0.3 is 0 Å². The topological polar surface area (TPSA) is 37.4 Å². The second-order valence-corrected chi connectivity index (χ2v) is 3.29. The van der Waals surface area contributed by atoms with E-state index in [0.717, 1.165) is 4.90 Å². The molecule has 0 spiro atoms. The average Bonchev–Trinajstić information content (AvgIpc) is 2.44. The van der Waals surface area contributed by atoms with Gasteiger partial charge in [-0.25, -0.2) is 9.29 Å². The van der Waals surface area contributed by atoms with Gasteiger partial charge in [0.25, 0.3) is 5.91 Å². The van der Waals surface area contributed by atoms with Crippen LogP contribution in [-0.2, 0) is 9.59 Å². The van der Waals surface area contributed by atoms with E-state index in [1.807, 2.05) is 0 Å². The molecule has 1 aromatic rings. The van der Waals surface area contributed by atoms with E-state index in [1.165, 1.54) is 24.3 Å². The summed E-state index contributed by atoms with van der Waals surface area (Å²) in [7, 11) is 0. The number of rotatable bonds is 1. The van der Waals surface area contributed by atoms with Crippen molar-refractivity contribution in [3.8, 4) is 0 Å². The molecule has 3 nitrogen and oxygen atoms in total. The predicted molar refractivity (Wildman–Crippen MR) is 52.7 cm³/mol. The van der Waals surface area contributed by atoms with E-state index in [9.17, 15) is 14.0 Å². The number of benzene rings is 1. The molecule has 0 saturated carbocycles. The van der Waals surface area contributed by atoms with Crippen LogP contribution in [0.5, 0.6) is 0 Å². The normalized spacial score (nSPS) is 16.3. The number of hydrogen-bond donors (Lipinski definition) is 0. The fourth-order valence-electron chi connectivity index (χ4n) is 1.46. The van der Waals surface area contributed by atoms with Crippen molar-refractivity contribution in [1.29, 1.82) is 0 Å². The molecule has 0 unspecified atom stereocenters. The van der Waals surface area contributed by atoms with Crippen molar-refractivity contribution in [1.82, 2.24) is 0 Å². The van der Waals surface area contributed by atoms with E-state index in [4.69, 9.17) is 0 Å². The summed E-state index contributed by atoms with van der Waals surface area (Å²) >= 11 is 0. The highest BCUT2D eigenvalue weighted by atomic mass is 19.1. The summed E-state index contributed by atoms with van der Waals surface area (Å²) < 4.78 is 12.6. The van der Waals surface area contributed by atoms with Crippen LogP contribution in [0.2, 0.25) is 0 Å². The maximum Gasteiger partial charge on any atom is 0.260 e. The molecular formula is C11H8FNO2. The molecule has 1 aliphatic heterocycles. The largest absolute Gasteiger partial charge is 0.274 e. The summed E-state index contributed by atoms with van der Waals surface area (Å²) in [5.74, 6) is -1.14. The molecule has 1 aromatic carbocycles. The van der Waals surface area contributed by atoms with Gasteiger partial charge in [-0.3, -0.25) is 9.59 Å². The SMILES string of the molecule is C=C1CC(=O)N(c2ccc(F)cc2)C1=O. The first-order valence-electron chi connectivity index (χ1n) is 4.40. The minimum Gasteiger partial charge on any atom is -0.274 e. The lowest BCUT2D eigenvalue weighted by Gasteiger charge is -2.12. The molecule has 1 saturated heterocycles. The maximum atomic E-state index is 12.6. The number of nitrogens with zero attached hydrogens (tertiary/aromatic N) is 1. The molecule has 76 valence electrons. The van der Waals surface area contributed by atoms with Crippen molar-refractivity contribution in [2.24, 2.45) is 0 Å².